The minimum atomic E-state index is -0.161. The second kappa shape index (κ2) is 19.5. The van der Waals surface area contributed by atoms with Gasteiger partial charge in [0.05, 0.1) is 0 Å². The van der Waals surface area contributed by atoms with Gasteiger partial charge >= 0.3 is 11.9 Å². The molecular formula is C42H68N2O4. The number of nitrogens with zero attached hydrogens (tertiary/aromatic N) is 2. The molecule has 0 aromatic carbocycles. The Bertz CT molecular complexity index is 1080. The van der Waals surface area contributed by atoms with E-state index >= 15 is 0 Å². The molecule has 0 aromatic rings. The van der Waals surface area contributed by atoms with E-state index in [2.05, 4.69) is 103 Å². The summed E-state index contributed by atoms with van der Waals surface area (Å²) in [5.41, 5.74) is 4.53. The molecule has 0 aromatic heterocycles. The van der Waals surface area contributed by atoms with Crippen molar-refractivity contribution in [3.8, 4) is 0 Å². The van der Waals surface area contributed by atoms with Crippen molar-refractivity contribution in [3.63, 3.8) is 0 Å². The minimum Gasteiger partial charge on any atom is -0.461 e. The summed E-state index contributed by atoms with van der Waals surface area (Å²) >= 11 is 0. The molecule has 0 radical (unpaired) electrons. The summed E-state index contributed by atoms with van der Waals surface area (Å²) in [5.74, 6) is 1.12. The van der Waals surface area contributed by atoms with E-state index in [-0.39, 0.29) is 22.8 Å². The Kier molecular flexibility index (Phi) is 16.8. The number of esters is 2. The minimum absolute atomic E-state index is 0.0736. The van der Waals surface area contributed by atoms with Crippen molar-refractivity contribution in [2.75, 3.05) is 53.5 Å². The zero-order valence-electron chi connectivity index (χ0n) is 31.5. The van der Waals surface area contributed by atoms with Crippen LogP contribution in [0.4, 0.5) is 0 Å². The van der Waals surface area contributed by atoms with Gasteiger partial charge in [0.1, 0.15) is 13.2 Å². The summed E-state index contributed by atoms with van der Waals surface area (Å²) in [5, 5.41) is 0. The van der Waals surface area contributed by atoms with Crippen molar-refractivity contribution in [2.24, 2.45) is 34.5 Å². The van der Waals surface area contributed by atoms with Gasteiger partial charge in [-0.15, -0.1) is 13.2 Å². The Morgan fingerprint density at radius 1 is 0.688 bits per heavy atom. The monoisotopic (exact) mass is 665 g/mol. The van der Waals surface area contributed by atoms with Crippen LogP contribution in [0.3, 0.4) is 0 Å². The number of likely N-dealkylation sites (N-methyl/N-ethyl adjacent to an activating group) is 2. The molecule has 0 aliphatic heterocycles. The molecule has 0 amide bonds. The highest BCUT2D eigenvalue weighted by Gasteiger charge is 2.40. The Morgan fingerprint density at radius 3 is 1.35 bits per heavy atom. The smallest absolute Gasteiger partial charge is 0.306 e. The van der Waals surface area contributed by atoms with Crippen molar-refractivity contribution in [1.82, 2.24) is 9.80 Å². The van der Waals surface area contributed by atoms with Crippen LogP contribution in [0.25, 0.3) is 0 Å². The number of hydrogen-bond donors (Lipinski definition) is 0. The highest BCUT2D eigenvalue weighted by Crippen LogP contribution is 2.49. The largest absolute Gasteiger partial charge is 0.461 e. The summed E-state index contributed by atoms with van der Waals surface area (Å²) in [4.78, 5) is 29.4. The molecule has 6 nitrogen and oxygen atoms in total. The van der Waals surface area contributed by atoms with Crippen LogP contribution in [0, 0.1) is 34.5 Å². The highest BCUT2D eigenvalue weighted by molar-refractivity contribution is 5.69. The average molecular weight is 665 g/mol. The Morgan fingerprint density at radius 2 is 1.04 bits per heavy atom. The Hall–Kier alpha value is -2.70. The summed E-state index contributed by atoms with van der Waals surface area (Å²) in [6, 6.07) is 0. The lowest BCUT2D eigenvalue weighted by Gasteiger charge is -2.43. The third-order valence-electron chi connectivity index (χ3n) is 11.5. The molecule has 0 bridgehead atoms. The molecule has 0 heterocycles. The molecule has 2 saturated carbocycles. The highest BCUT2D eigenvalue weighted by atomic mass is 16.5. The van der Waals surface area contributed by atoms with Crippen molar-refractivity contribution in [2.45, 2.75) is 91.9 Å². The van der Waals surface area contributed by atoms with Crippen LogP contribution in [0.1, 0.15) is 91.9 Å². The first-order chi connectivity index (χ1) is 22.5. The van der Waals surface area contributed by atoms with Gasteiger partial charge in [-0.1, -0.05) is 63.5 Å². The molecule has 0 saturated heterocycles. The van der Waals surface area contributed by atoms with Crippen LogP contribution in [-0.2, 0) is 19.1 Å². The van der Waals surface area contributed by atoms with Gasteiger partial charge in [-0.2, -0.15) is 0 Å². The molecule has 0 unspecified atom stereocenters. The third-order valence-corrected chi connectivity index (χ3v) is 11.5. The van der Waals surface area contributed by atoms with Crippen LogP contribution in [0.15, 0.2) is 73.9 Å². The molecule has 2 fully saturated rings. The van der Waals surface area contributed by atoms with Gasteiger partial charge in [-0.05, 0) is 138 Å². The number of rotatable bonds is 21. The maximum absolute atomic E-state index is 12.4. The second-order valence-electron chi connectivity index (χ2n) is 15.6. The van der Waals surface area contributed by atoms with Gasteiger partial charge in [-0.25, -0.2) is 0 Å². The third kappa shape index (κ3) is 12.6. The zero-order chi connectivity index (χ0) is 36.1. The topological polar surface area (TPSA) is 59.1 Å². The van der Waals surface area contributed by atoms with Gasteiger partial charge in [0.2, 0.25) is 0 Å². The second-order valence-corrected chi connectivity index (χ2v) is 15.6. The van der Waals surface area contributed by atoms with Gasteiger partial charge in [0.25, 0.3) is 0 Å². The molecule has 48 heavy (non-hydrogen) atoms. The first-order valence-electron chi connectivity index (χ1n) is 18.2. The molecule has 2 rings (SSSR count). The van der Waals surface area contributed by atoms with Crippen LogP contribution >= 0.6 is 0 Å². The summed E-state index contributed by atoms with van der Waals surface area (Å²) < 4.78 is 11.2. The lowest BCUT2D eigenvalue weighted by Crippen LogP contribution is -2.34. The zero-order valence-corrected chi connectivity index (χ0v) is 31.5. The first-order valence-corrected chi connectivity index (χ1v) is 18.2. The Balaban J connectivity index is 1.56. The quantitative estimate of drug-likeness (QED) is 0.0902. The van der Waals surface area contributed by atoms with E-state index in [1.165, 1.54) is 11.1 Å². The molecule has 6 atom stereocenters. The fourth-order valence-corrected chi connectivity index (χ4v) is 7.70. The summed E-state index contributed by atoms with van der Waals surface area (Å²) in [7, 11) is 4.15. The van der Waals surface area contributed by atoms with Crippen molar-refractivity contribution < 1.29 is 19.1 Å². The maximum Gasteiger partial charge on any atom is 0.306 e. The molecule has 2 aliphatic carbocycles. The van der Waals surface area contributed by atoms with Crippen molar-refractivity contribution in [1.29, 1.82) is 0 Å². The normalized spacial score (nSPS) is 27.2. The van der Waals surface area contributed by atoms with E-state index in [0.29, 0.717) is 49.7 Å². The van der Waals surface area contributed by atoms with E-state index in [0.717, 1.165) is 88.7 Å². The predicted octanol–water partition coefficient (Wildman–Crippen LogP) is 8.98. The summed E-state index contributed by atoms with van der Waals surface area (Å²) in [6.07, 6.45) is 12.6. The lowest BCUT2D eigenvalue weighted by atomic mass is 9.61. The molecule has 0 N–H and O–H groups in total. The number of carbonyl (C=O) groups is 2. The van der Waals surface area contributed by atoms with Gasteiger partial charge in [0.15, 0.2) is 0 Å². The lowest BCUT2D eigenvalue weighted by molar-refractivity contribution is -0.144. The van der Waals surface area contributed by atoms with E-state index in [4.69, 9.17) is 9.47 Å². The Labute approximate surface area is 294 Å². The van der Waals surface area contributed by atoms with Gasteiger partial charge < -0.3 is 19.3 Å². The van der Waals surface area contributed by atoms with E-state index < -0.39 is 0 Å². The van der Waals surface area contributed by atoms with Crippen LogP contribution in [0.2, 0.25) is 0 Å². The molecule has 2 aliphatic rings. The van der Waals surface area contributed by atoms with Crippen LogP contribution < -0.4 is 0 Å². The number of hydrogen-bond acceptors (Lipinski definition) is 6. The van der Waals surface area contributed by atoms with Crippen LogP contribution in [-0.4, -0.2) is 75.2 Å². The first kappa shape index (κ1) is 41.5. The van der Waals surface area contributed by atoms with Gasteiger partial charge in [0, 0.05) is 25.9 Å². The fourth-order valence-electron chi connectivity index (χ4n) is 7.70. The number of ether oxygens (including phenoxy) is 2. The molecule has 6 heteroatoms. The van der Waals surface area contributed by atoms with E-state index in [1.807, 2.05) is 0 Å². The molecule has 0 spiro atoms. The van der Waals surface area contributed by atoms with E-state index in [1.54, 1.807) is 0 Å². The van der Waals surface area contributed by atoms with Crippen LogP contribution in [0.5, 0.6) is 0 Å². The van der Waals surface area contributed by atoms with Crippen molar-refractivity contribution in [3.05, 3.63) is 73.9 Å². The van der Waals surface area contributed by atoms with Gasteiger partial charge in [-0.3, -0.25) is 9.59 Å². The molecule has 270 valence electrons. The van der Waals surface area contributed by atoms with Crippen molar-refractivity contribution >= 4 is 11.9 Å². The van der Waals surface area contributed by atoms with E-state index in [9.17, 15) is 9.59 Å². The predicted molar refractivity (Wildman–Crippen MR) is 202 cm³/mol. The maximum atomic E-state index is 12.4. The average Bonchev–Trinajstić information content (AvgIpc) is 3.05. The summed E-state index contributed by atoms with van der Waals surface area (Å²) in [6.45, 7) is 37.9. The fraction of sp³-hybridized carbons (Fsp3) is 0.667. The standard InChI is InChI=1S/C42H68N2O4/c1-13-41(9)21-19-35(27-37(41)31(3)4)33(7)29-47-39(45)17-15-23-43(11)25-26-44(12)24-16-18-40(46)48-30-34(8)36-20-22-42(10,14-2)38(28-36)32(5)6/h13-14,35-38H,1-3,5,7-8,15-30H2,4,6,9-12H3/t35-,36-,37+,38+,41-,42-/m1/s1. The SMILES string of the molecule is C=C[C@]1(C)CC[C@@H](C(=C)COC(=O)CCCN(C)CCN(C)CCCC(=O)OCC(=C)[C@@H]2CC[C@@](C)(C=C)[C@H](C(=C)C)C2)C[C@H]1C(=C)C. The number of allylic oxidation sites excluding steroid dienone is 4. The molecular weight excluding hydrogens is 596 g/mol. The number of carbonyl (C=O) groups excluding carboxylic acids is 2.